The van der Waals surface area contributed by atoms with Gasteiger partial charge in [-0.25, -0.2) is 18.1 Å². The summed E-state index contributed by atoms with van der Waals surface area (Å²) in [7, 11) is -2.42. The first-order valence-corrected chi connectivity index (χ1v) is 11.2. The highest BCUT2D eigenvalue weighted by Crippen LogP contribution is 2.37. The van der Waals surface area contributed by atoms with Gasteiger partial charge in [0, 0.05) is 25.3 Å². The van der Waals surface area contributed by atoms with Gasteiger partial charge in [-0.05, 0) is 61.2 Å². The molecule has 1 fully saturated rings. The van der Waals surface area contributed by atoms with Crippen molar-refractivity contribution in [1.29, 1.82) is 0 Å². The first kappa shape index (κ1) is 20.8. The van der Waals surface area contributed by atoms with Crippen LogP contribution in [-0.4, -0.2) is 41.2 Å². The molecular formula is C18H24BrN5O3S. The maximum atomic E-state index is 12.9. The Labute approximate surface area is 173 Å². The number of sulfonamides is 1. The number of anilines is 1. The first-order valence-electron chi connectivity index (χ1n) is 8.92. The second-order valence-electron chi connectivity index (χ2n) is 7.92. The zero-order chi connectivity index (χ0) is 20.9. The summed E-state index contributed by atoms with van der Waals surface area (Å²) in [6.07, 6.45) is 2.33. The molecule has 1 aliphatic rings. The molecule has 10 heteroatoms. The van der Waals surface area contributed by atoms with Gasteiger partial charge in [-0.2, -0.15) is 5.10 Å². The molecule has 3 heterocycles. The van der Waals surface area contributed by atoms with Gasteiger partial charge < -0.3 is 4.90 Å². The summed E-state index contributed by atoms with van der Waals surface area (Å²) < 4.78 is 29.5. The first-order chi connectivity index (χ1) is 12.9. The van der Waals surface area contributed by atoms with E-state index in [-0.39, 0.29) is 16.0 Å². The number of halogens is 1. The van der Waals surface area contributed by atoms with Crippen LogP contribution in [0.3, 0.4) is 0 Å². The molecule has 1 N–H and O–H groups in total. The number of rotatable bonds is 4. The molecule has 0 radical (unpaired) electrons. The number of aryl methyl sites for hydroxylation is 2. The minimum atomic E-state index is -4.05. The maximum absolute atomic E-state index is 12.9. The fraction of sp³-hybridized carbons (Fsp3) is 0.500. The number of aromatic nitrogens is 3. The van der Waals surface area contributed by atoms with E-state index in [4.69, 9.17) is 0 Å². The van der Waals surface area contributed by atoms with Crippen molar-refractivity contribution in [2.75, 3.05) is 11.4 Å². The Balaban J connectivity index is 1.98. The van der Waals surface area contributed by atoms with Crippen molar-refractivity contribution in [3.63, 3.8) is 0 Å². The molecule has 0 bridgehead atoms. The largest absolute Gasteiger partial charge is 0.351 e. The zero-order valence-corrected chi connectivity index (χ0v) is 18.9. The molecule has 152 valence electrons. The van der Waals surface area contributed by atoms with Gasteiger partial charge in [0.15, 0.2) is 0 Å². The average Bonchev–Trinajstić information content (AvgIpc) is 3.04. The van der Waals surface area contributed by atoms with Crippen molar-refractivity contribution in [3.8, 4) is 0 Å². The highest BCUT2D eigenvalue weighted by molar-refractivity contribution is 9.10. The molecule has 0 spiro atoms. The summed E-state index contributed by atoms with van der Waals surface area (Å²) in [5.41, 5.74) is 0.350. The smallest absolute Gasteiger partial charge is 0.268 e. The van der Waals surface area contributed by atoms with Crippen LogP contribution in [-0.2, 0) is 17.1 Å². The van der Waals surface area contributed by atoms with E-state index in [1.807, 2.05) is 0 Å². The Hall–Kier alpha value is -1.94. The van der Waals surface area contributed by atoms with Gasteiger partial charge in [0.2, 0.25) is 0 Å². The topological polar surface area (TPSA) is 97.2 Å². The Kier molecular flexibility index (Phi) is 5.30. The van der Waals surface area contributed by atoms with Crippen molar-refractivity contribution in [3.05, 3.63) is 34.2 Å². The minimum Gasteiger partial charge on any atom is -0.351 e. The summed E-state index contributed by atoms with van der Waals surface area (Å²) in [5, 5.41) is 4.04. The molecule has 1 saturated heterocycles. The van der Waals surface area contributed by atoms with Crippen LogP contribution in [0.25, 0.3) is 0 Å². The predicted molar refractivity (Wildman–Crippen MR) is 110 cm³/mol. The molecule has 1 amide bonds. The molecule has 2 aromatic rings. The molecule has 8 nitrogen and oxygen atoms in total. The molecule has 1 atom stereocenters. The summed E-state index contributed by atoms with van der Waals surface area (Å²) >= 11 is 3.36. The monoisotopic (exact) mass is 469 g/mol. The van der Waals surface area contributed by atoms with Gasteiger partial charge in [-0.3, -0.25) is 9.48 Å². The minimum absolute atomic E-state index is 0.0231. The van der Waals surface area contributed by atoms with Gasteiger partial charge >= 0.3 is 0 Å². The van der Waals surface area contributed by atoms with E-state index >= 15 is 0 Å². The standard InChI is InChI=1S/C18H24BrN5O3S/c1-11-8-18(3,4)24(9-11)16-13(6-7-15(19)20-16)17(25)22-28(26,27)14-10-23(5)21-12(14)2/h6-7,10-11H,8-9H2,1-5H3,(H,22,25)/t11-/m0/s1. The predicted octanol–water partition coefficient (Wildman–Crippen LogP) is 2.63. The van der Waals surface area contributed by atoms with Crippen LogP contribution in [0.1, 0.15) is 43.2 Å². The molecule has 0 aliphatic carbocycles. The highest BCUT2D eigenvalue weighted by Gasteiger charge is 2.39. The van der Waals surface area contributed by atoms with Crippen molar-refractivity contribution < 1.29 is 13.2 Å². The number of carbonyl (C=O) groups excluding carboxylic acids is 1. The number of nitrogens with one attached hydrogen (secondary N) is 1. The maximum Gasteiger partial charge on any atom is 0.268 e. The Morgan fingerprint density at radius 2 is 2.04 bits per heavy atom. The number of hydrogen-bond acceptors (Lipinski definition) is 6. The fourth-order valence-electron chi connectivity index (χ4n) is 3.84. The lowest BCUT2D eigenvalue weighted by molar-refractivity contribution is 0.0981. The average molecular weight is 470 g/mol. The number of pyridine rings is 1. The van der Waals surface area contributed by atoms with Gasteiger partial charge in [-0.15, -0.1) is 0 Å². The molecular weight excluding hydrogens is 446 g/mol. The van der Waals surface area contributed by atoms with Crippen LogP contribution in [0.15, 0.2) is 27.8 Å². The van der Waals surface area contributed by atoms with Crippen molar-refractivity contribution in [2.24, 2.45) is 13.0 Å². The van der Waals surface area contributed by atoms with Crippen LogP contribution in [0.4, 0.5) is 5.82 Å². The SMILES string of the molecule is Cc1nn(C)cc1S(=O)(=O)NC(=O)c1ccc(Br)nc1N1C[C@@H](C)CC1(C)C. The summed E-state index contributed by atoms with van der Waals surface area (Å²) in [6.45, 7) is 8.66. The van der Waals surface area contributed by atoms with Crippen LogP contribution in [0.2, 0.25) is 0 Å². The number of carbonyl (C=O) groups is 1. The van der Waals surface area contributed by atoms with Crippen LogP contribution in [0.5, 0.6) is 0 Å². The van der Waals surface area contributed by atoms with E-state index in [1.165, 1.54) is 10.9 Å². The normalized spacial score (nSPS) is 19.1. The van der Waals surface area contributed by atoms with Gasteiger partial charge in [-0.1, -0.05) is 6.92 Å². The number of amides is 1. The highest BCUT2D eigenvalue weighted by atomic mass is 79.9. The molecule has 0 unspecified atom stereocenters. The van der Waals surface area contributed by atoms with E-state index < -0.39 is 15.9 Å². The third kappa shape index (κ3) is 3.93. The van der Waals surface area contributed by atoms with Crippen LogP contribution >= 0.6 is 15.9 Å². The summed E-state index contributed by atoms with van der Waals surface area (Å²) in [4.78, 5) is 19.5. The third-order valence-electron chi connectivity index (χ3n) is 4.90. The molecule has 3 rings (SSSR count). The van der Waals surface area contributed by atoms with E-state index in [2.05, 4.69) is 56.4 Å². The summed E-state index contributed by atoms with van der Waals surface area (Å²) in [6, 6.07) is 3.22. The lowest BCUT2D eigenvalue weighted by Gasteiger charge is -2.33. The van der Waals surface area contributed by atoms with Crippen molar-refractivity contribution in [1.82, 2.24) is 19.5 Å². The molecule has 0 saturated carbocycles. The fourth-order valence-corrected chi connectivity index (χ4v) is 5.33. The molecule has 0 aromatic carbocycles. The van der Waals surface area contributed by atoms with E-state index in [1.54, 1.807) is 26.1 Å². The number of nitrogens with zero attached hydrogens (tertiary/aromatic N) is 4. The molecule has 2 aromatic heterocycles. The molecule has 28 heavy (non-hydrogen) atoms. The van der Waals surface area contributed by atoms with E-state index in [0.29, 0.717) is 22.0 Å². The van der Waals surface area contributed by atoms with Gasteiger partial charge in [0.1, 0.15) is 15.3 Å². The van der Waals surface area contributed by atoms with Crippen LogP contribution < -0.4 is 9.62 Å². The lowest BCUT2D eigenvalue weighted by Crippen LogP contribution is -2.41. The van der Waals surface area contributed by atoms with Crippen molar-refractivity contribution >= 4 is 37.7 Å². The Morgan fingerprint density at radius 1 is 1.36 bits per heavy atom. The van der Waals surface area contributed by atoms with E-state index in [9.17, 15) is 13.2 Å². The van der Waals surface area contributed by atoms with Crippen LogP contribution in [0, 0.1) is 12.8 Å². The van der Waals surface area contributed by atoms with Gasteiger partial charge in [0.25, 0.3) is 15.9 Å². The Bertz CT molecular complexity index is 1030. The van der Waals surface area contributed by atoms with Crippen molar-refractivity contribution in [2.45, 2.75) is 44.6 Å². The lowest BCUT2D eigenvalue weighted by atomic mass is 9.97. The second kappa shape index (κ2) is 7.14. The quantitative estimate of drug-likeness (QED) is 0.691. The van der Waals surface area contributed by atoms with E-state index in [0.717, 1.165) is 13.0 Å². The Morgan fingerprint density at radius 3 is 2.57 bits per heavy atom. The summed E-state index contributed by atoms with van der Waals surface area (Å²) in [5.74, 6) is 0.196. The van der Waals surface area contributed by atoms with Gasteiger partial charge in [0.05, 0.1) is 11.3 Å². The zero-order valence-electron chi connectivity index (χ0n) is 16.5. The third-order valence-corrected chi connectivity index (χ3v) is 6.77. The second-order valence-corrected chi connectivity index (χ2v) is 10.4. The molecule has 1 aliphatic heterocycles. The number of hydrogen-bond donors (Lipinski definition) is 1.